The summed E-state index contributed by atoms with van der Waals surface area (Å²) in [5.74, 6) is -1.46. The predicted molar refractivity (Wildman–Crippen MR) is 115 cm³/mol. The highest BCUT2D eigenvalue weighted by Gasteiger charge is 2.56. The molecule has 0 bridgehead atoms. The molecule has 0 spiro atoms. The normalized spacial score (nSPS) is 28.1. The molecule has 2 aromatic carbocycles. The van der Waals surface area contributed by atoms with Crippen LogP contribution in [0.4, 0.5) is 0 Å². The maximum atomic E-state index is 12.8. The fraction of sp³-hybridized carbons (Fsp3) is 0.360. The Balaban J connectivity index is 1.33. The summed E-state index contributed by atoms with van der Waals surface area (Å²) < 4.78 is 24.3. The maximum Gasteiger partial charge on any atom is 0.261 e. The predicted octanol–water partition coefficient (Wildman–Crippen LogP) is 3.30. The van der Waals surface area contributed by atoms with E-state index in [1.165, 1.54) is 4.90 Å². The summed E-state index contributed by atoms with van der Waals surface area (Å²) in [6.45, 7) is 8.18. The van der Waals surface area contributed by atoms with Gasteiger partial charge in [-0.3, -0.25) is 14.5 Å². The molecule has 3 heterocycles. The fourth-order valence-corrected chi connectivity index (χ4v) is 4.43. The summed E-state index contributed by atoms with van der Waals surface area (Å²) in [4.78, 5) is 26.7. The molecule has 0 unspecified atom stereocenters. The molecule has 32 heavy (non-hydrogen) atoms. The highest BCUT2D eigenvalue weighted by molar-refractivity contribution is 6.21. The average molecular weight is 435 g/mol. The van der Waals surface area contributed by atoms with E-state index in [0.717, 1.165) is 5.56 Å². The Kier molecular flexibility index (Phi) is 5.22. The van der Waals surface area contributed by atoms with Gasteiger partial charge in [-0.15, -0.1) is 0 Å². The first kappa shape index (κ1) is 21.0. The first-order valence-electron chi connectivity index (χ1n) is 10.6. The molecule has 166 valence electrons. The Labute approximate surface area is 186 Å². The second kappa shape index (κ2) is 7.94. The van der Waals surface area contributed by atoms with Gasteiger partial charge in [0, 0.05) is 0 Å². The summed E-state index contributed by atoms with van der Waals surface area (Å²) in [5.41, 5.74) is 2.37. The molecular formula is C25H25NO6. The zero-order chi connectivity index (χ0) is 22.5. The smallest absolute Gasteiger partial charge is 0.261 e. The second-order valence-electron chi connectivity index (χ2n) is 8.69. The van der Waals surface area contributed by atoms with Crippen LogP contribution in [-0.4, -0.2) is 53.6 Å². The number of carbonyl (C=O) groups excluding carboxylic acids is 2. The van der Waals surface area contributed by atoms with Gasteiger partial charge in [0.1, 0.15) is 18.3 Å². The van der Waals surface area contributed by atoms with Crippen LogP contribution in [0.3, 0.4) is 0 Å². The molecule has 2 saturated heterocycles. The van der Waals surface area contributed by atoms with Crippen LogP contribution in [0.25, 0.3) is 0 Å². The third-order valence-electron chi connectivity index (χ3n) is 5.92. The van der Waals surface area contributed by atoms with Gasteiger partial charge >= 0.3 is 0 Å². The minimum absolute atomic E-state index is 0.0328. The average Bonchev–Trinajstić information content (AvgIpc) is 3.35. The molecule has 2 aromatic rings. The topological polar surface area (TPSA) is 74.3 Å². The molecule has 0 aliphatic carbocycles. The zero-order valence-corrected chi connectivity index (χ0v) is 18.0. The fourth-order valence-electron chi connectivity index (χ4n) is 4.43. The quantitative estimate of drug-likeness (QED) is 0.512. The first-order valence-corrected chi connectivity index (χ1v) is 10.6. The number of rotatable bonds is 6. The van der Waals surface area contributed by atoms with Crippen molar-refractivity contribution in [3.05, 3.63) is 83.4 Å². The number of hydrogen-bond donors (Lipinski definition) is 0. The zero-order valence-electron chi connectivity index (χ0n) is 18.0. The van der Waals surface area contributed by atoms with Crippen LogP contribution in [0, 0.1) is 0 Å². The molecule has 3 aliphatic rings. The van der Waals surface area contributed by atoms with Crippen LogP contribution in [0.5, 0.6) is 0 Å². The van der Waals surface area contributed by atoms with Crippen LogP contribution in [-0.2, 0) is 25.6 Å². The Morgan fingerprint density at radius 1 is 1.00 bits per heavy atom. The number of fused-ring (bicyclic) bond motifs is 2. The van der Waals surface area contributed by atoms with E-state index in [9.17, 15) is 9.59 Å². The number of ether oxygens (including phenoxy) is 4. The molecule has 0 saturated carbocycles. The van der Waals surface area contributed by atoms with Gasteiger partial charge in [-0.2, -0.15) is 0 Å². The van der Waals surface area contributed by atoms with Crippen molar-refractivity contribution in [3.63, 3.8) is 0 Å². The number of amides is 2. The summed E-state index contributed by atoms with van der Waals surface area (Å²) in [5, 5.41) is 0. The summed E-state index contributed by atoms with van der Waals surface area (Å²) in [6.07, 6.45) is -2.15. The molecule has 0 radical (unpaired) electrons. The van der Waals surface area contributed by atoms with Gasteiger partial charge in [-0.1, -0.05) is 49.0 Å². The molecule has 5 rings (SSSR count). The highest BCUT2D eigenvalue weighted by Crippen LogP contribution is 2.41. The van der Waals surface area contributed by atoms with Crippen molar-refractivity contribution in [1.29, 1.82) is 0 Å². The molecule has 4 atom stereocenters. The second-order valence-corrected chi connectivity index (χ2v) is 8.69. The highest BCUT2D eigenvalue weighted by atomic mass is 16.8. The molecule has 7 heteroatoms. The van der Waals surface area contributed by atoms with Crippen molar-refractivity contribution in [2.75, 3.05) is 6.54 Å². The first-order chi connectivity index (χ1) is 15.3. The van der Waals surface area contributed by atoms with Gasteiger partial charge in [0.15, 0.2) is 12.1 Å². The number of imide groups is 1. The van der Waals surface area contributed by atoms with E-state index in [0.29, 0.717) is 23.3 Å². The lowest BCUT2D eigenvalue weighted by molar-refractivity contribution is -0.214. The monoisotopic (exact) mass is 435 g/mol. The molecule has 7 nitrogen and oxygen atoms in total. The van der Waals surface area contributed by atoms with Gasteiger partial charge in [0.05, 0.1) is 24.3 Å². The number of nitrogens with zero attached hydrogens (tertiary/aromatic N) is 1. The largest absolute Gasteiger partial charge is 0.368 e. The standard InChI is InChI=1S/C25H25NO6/c1-15(13-26-22(27)17-11-7-8-12-18(17)23(26)28)19-20(29-14-16-9-5-4-6-10-16)21-24(30-19)32-25(2,3)31-21/h4-12,19-21,24H,1,13-14H2,2-3H3/t19-,20+,21-,24-/m1/s1. The van der Waals surface area contributed by atoms with Crippen molar-refractivity contribution >= 4 is 11.8 Å². The minimum atomic E-state index is -0.793. The van der Waals surface area contributed by atoms with Crippen molar-refractivity contribution in [2.45, 2.75) is 50.8 Å². The van der Waals surface area contributed by atoms with E-state index in [1.54, 1.807) is 24.3 Å². The molecule has 2 fully saturated rings. The van der Waals surface area contributed by atoms with Gasteiger partial charge in [0.2, 0.25) is 0 Å². The van der Waals surface area contributed by atoms with Crippen LogP contribution in [0.2, 0.25) is 0 Å². The van der Waals surface area contributed by atoms with Crippen molar-refractivity contribution in [1.82, 2.24) is 4.90 Å². The number of benzene rings is 2. The Bertz CT molecular complexity index is 1030. The Morgan fingerprint density at radius 2 is 1.62 bits per heavy atom. The lowest BCUT2D eigenvalue weighted by Crippen LogP contribution is -2.41. The summed E-state index contributed by atoms with van der Waals surface area (Å²) >= 11 is 0. The van der Waals surface area contributed by atoms with Crippen LogP contribution in [0.15, 0.2) is 66.7 Å². The van der Waals surface area contributed by atoms with Crippen molar-refractivity contribution in [3.8, 4) is 0 Å². The van der Waals surface area contributed by atoms with E-state index in [2.05, 4.69) is 6.58 Å². The van der Waals surface area contributed by atoms with Crippen molar-refractivity contribution < 1.29 is 28.5 Å². The maximum absolute atomic E-state index is 12.8. The van der Waals surface area contributed by atoms with Crippen molar-refractivity contribution in [2.24, 2.45) is 0 Å². The van der Waals surface area contributed by atoms with E-state index in [-0.39, 0.29) is 18.4 Å². The Hall–Kier alpha value is -2.84. The summed E-state index contributed by atoms with van der Waals surface area (Å²) in [7, 11) is 0. The molecule has 2 amide bonds. The van der Waals surface area contributed by atoms with Crippen LogP contribution >= 0.6 is 0 Å². The van der Waals surface area contributed by atoms with Gasteiger partial charge < -0.3 is 18.9 Å². The Morgan fingerprint density at radius 3 is 2.28 bits per heavy atom. The van der Waals surface area contributed by atoms with E-state index >= 15 is 0 Å². The SMILES string of the molecule is C=C(CN1C(=O)c2ccccc2C1=O)[C@H]1O[C@@H]2OC(C)(C)O[C@@H]2[C@H]1OCc1ccccc1. The van der Waals surface area contributed by atoms with Gasteiger partial charge in [-0.25, -0.2) is 0 Å². The van der Waals surface area contributed by atoms with Crippen LogP contribution < -0.4 is 0 Å². The van der Waals surface area contributed by atoms with E-state index in [4.69, 9.17) is 18.9 Å². The molecular weight excluding hydrogens is 410 g/mol. The molecule has 0 N–H and O–H groups in total. The van der Waals surface area contributed by atoms with Gasteiger partial charge in [-0.05, 0) is 37.1 Å². The lowest BCUT2D eigenvalue weighted by atomic mass is 10.0. The van der Waals surface area contributed by atoms with Gasteiger partial charge in [0.25, 0.3) is 11.8 Å². The lowest BCUT2D eigenvalue weighted by Gasteiger charge is -2.28. The number of hydrogen-bond acceptors (Lipinski definition) is 6. The number of carbonyl (C=O) groups is 2. The third-order valence-corrected chi connectivity index (χ3v) is 5.92. The summed E-state index contributed by atoms with van der Waals surface area (Å²) in [6, 6.07) is 16.6. The molecule has 3 aliphatic heterocycles. The third kappa shape index (κ3) is 3.67. The van der Waals surface area contributed by atoms with E-state index in [1.807, 2.05) is 44.2 Å². The minimum Gasteiger partial charge on any atom is -0.368 e. The van der Waals surface area contributed by atoms with E-state index < -0.39 is 30.4 Å². The molecule has 0 aromatic heterocycles. The van der Waals surface area contributed by atoms with Crippen LogP contribution in [0.1, 0.15) is 40.1 Å².